The van der Waals surface area contributed by atoms with Gasteiger partial charge in [-0.2, -0.15) is 0 Å². The smallest absolute Gasteiger partial charge is 0.175 e. The number of rotatable bonds is 8. The first kappa shape index (κ1) is 20.3. The van der Waals surface area contributed by atoms with E-state index in [-0.39, 0.29) is 0 Å². The van der Waals surface area contributed by atoms with E-state index in [0.29, 0.717) is 41.2 Å². The Kier molecular flexibility index (Phi) is 7.84. The van der Waals surface area contributed by atoms with Crippen molar-refractivity contribution in [1.29, 1.82) is 0 Å². The van der Waals surface area contributed by atoms with Crippen molar-refractivity contribution in [2.45, 2.75) is 26.2 Å². The van der Waals surface area contributed by atoms with Crippen LogP contribution in [0.4, 0.5) is 0 Å². The van der Waals surface area contributed by atoms with Gasteiger partial charge in [-0.05, 0) is 52.7 Å². The topological polar surface area (TPSA) is 50.7 Å². The highest BCUT2D eigenvalue weighted by Gasteiger charge is 2.13. The van der Waals surface area contributed by atoms with Gasteiger partial charge in [0.15, 0.2) is 11.5 Å². The first-order valence-corrected chi connectivity index (χ1v) is 9.27. The fourth-order valence-electron chi connectivity index (χ4n) is 2.23. The fourth-order valence-corrected chi connectivity index (χ4v) is 3.30. The lowest BCUT2D eigenvalue weighted by Crippen LogP contribution is -2.23. The van der Waals surface area contributed by atoms with Crippen LogP contribution in [0.5, 0.6) is 11.5 Å². The fraction of sp³-hybridized carbons (Fsp3) is 0.333. The molecule has 0 bridgehead atoms. The molecule has 0 spiro atoms. The Bertz CT molecular complexity index is 726. The van der Waals surface area contributed by atoms with Gasteiger partial charge in [0, 0.05) is 28.7 Å². The van der Waals surface area contributed by atoms with Crippen molar-refractivity contribution < 1.29 is 14.6 Å². The minimum Gasteiger partial charge on any atom is -0.493 e. The van der Waals surface area contributed by atoms with E-state index >= 15 is 0 Å². The summed E-state index contributed by atoms with van der Waals surface area (Å²) in [6.07, 6.45) is -0.392. The molecule has 0 aliphatic rings. The number of halogens is 3. The summed E-state index contributed by atoms with van der Waals surface area (Å²) in [5.41, 5.74) is 1.85. The molecule has 7 heteroatoms. The molecule has 1 atom stereocenters. The van der Waals surface area contributed by atoms with Crippen molar-refractivity contribution in [3.05, 3.63) is 56.0 Å². The highest BCUT2D eigenvalue weighted by Crippen LogP contribution is 2.37. The van der Waals surface area contributed by atoms with E-state index in [0.717, 1.165) is 15.6 Å². The summed E-state index contributed by atoms with van der Waals surface area (Å²) in [6, 6.07) is 9.15. The molecule has 4 nitrogen and oxygen atoms in total. The number of hydrogen-bond donors (Lipinski definition) is 2. The third-order valence-electron chi connectivity index (χ3n) is 3.45. The number of aliphatic hydroxyl groups is 1. The Labute approximate surface area is 166 Å². The Balaban J connectivity index is 2.11. The summed E-state index contributed by atoms with van der Waals surface area (Å²) in [6.45, 7) is 3.17. The van der Waals surface area contributed by atoms with Gasteiger partial charge in [-0.3, -0.25) is 0 Å². The first-order valence-electron chi connectivity index (χ1n) is 7.72. The third kappa shape index (κ3) is 6.04. The SMILES string of the molecule is COc1cc(CNCC(C)O)cc(Br)c1OCc1ccc(Cl)cc1Cl. The zero-order valence-electron chi connectivity index (χ0n) is 14.0. The summed E-state index contributed by atoms with van der Waals surface area (Å²) >= 11 is 15.6. The van der Waals surface area contributed by atoms with E-state index in [1.54, 1.807) is 26.2 Å². The lowest BCUT2D eigenvalue weighted by atomic mass is 10.2. The Hall–Kier alpha value is -0.980. The van der Waals surface area contributed by atoms with Gasteiger partial charge in [0.2, 0.25) is 0 Å². The molecule has 0 saturated heterocycles. The van der Waals surface area contributed by atoms with Crippen molar-refractivity contribution >= 4 is 39.1 Å². The van der Waals surface area contributed by atoms with Crippen molar-refractivity contribution in [3.8, 4) is 11.5 Å². The monoisotopic (exact) mass is 447 g/mol. The quantitative estimate of drug-likeness (QED) is 0.608. The minimum absolute atomic E-state index is 0.296. The Morgan fingerprint density at radius 2 is 2.00 bits per heavy atom. The summed E-state index contributed by atoms with van der Waals surface area (Å²) in [5, 5.41) is 13.6. The number of aliphatic hydroxyl groups excluding tert-OH is 1. The third-order valence-corrected chi connectivity index (χ3v) is 4.62. The van der Waals surface area contributed by atoms with E-state index in [9.17, 15) is 5.11 Å². The first-order chi connectivity index (χ1) is 11.9. The molecule has 136 valence electrons. The number of methoxy groups -OCH3 is 1. The van der Waals surface area contributed by atoms with Crippen LogP contribution >= 0.6 is 39.1 Å². The summed E-state index contributed by atoms with van der Waals surface area (Å²) < 4.78 is 12.1. The van der Waals surface area contributed by atoms with Crippen LogP contribution in [-0.4, -0.2) is 24.9 Å². The molecule has 0 saturated carbocycles. The van der Waals surface area contributed by atoms with Crippen LogP contribution in [0.3, 0.4) is 0 Å². The van der Waals surface area contributed by atoms with Crippen LogP contribution in [0, 0.1) is 0 Å². The van der Waals surface area contributed by atoms with Crippen LogP contribution in [0.2, 0.25) is 10.0 Å². The molecule has 25 heavy (non-hydrogen) atoms. The van der Waals surface area contributed by atoms with Gasteiger partial charge in [0.05, 0.1) is 17.7 Å². The van der Waals surface area contributed by atoms with Gasteiger partial charge in [0.25, 0.3) is 0 Å². The number of nitrogens with one attached hydrogen (secondary N) is 1. The lowest BCUT2D eigenvalue weighted by Gasteiger charge is -2.15. The number of hydrogen-bond acceptors (Lipinski definition) is 4. The zero-order valence-corrected chi connectivity index (χ0v) is 17.1. The van der Waals surface area contributed by atoms with Crippen LogP contribution in [-0.2, 0) is 13.2 Å². The molecule has 0 radical (unpaired) electrons. The Morgan fingerprint density at radius 1 is 1.24 bits per heavy atom. The molecular weight excluding hydrogens is 429 g/mol. The molecule has 0 fully saturated rings. The van der Waals surface area contributed by atoms with Gasteiger partial charge in [-0.1, -0.05) is 29.3 Å². The maximum atomic E-state index is 9.31. The normalized spacial score (nSPS) is 12.1. The van der Waals surface area contributed by atoms with E-state index in [1.165, 1.54) is 0 Å². The largest absolute Gasteiger partial charge is 0.493 e. The minimum atomic E-state index is -0.392. The summed E-state index contributed by atoms with van der Waals surface area (Å²) in [7, 11) is 1.59. The average Bonchev–Trinajstić information content (AvgIpc) is 2.54. The molecule has 0 aliphatic heterocycles. The van der Waals surface area contributed by atoms with Crippen molar-refractivity contribution in [1.82, 2.24) is 5.32 Å². The molecule has 0 amide bonds. The Morgan fingerprint density at radius 3 is 2.64 bits per heavy atom. The maximum Gasteiger partial charge on any atom is 0.175 e. The lowest BCUT2D eigenvalue weighted by molar-refractivity contribution is 0.191. The predicted molar refractivity (Wildman–Crippen MR) is 105 cm³/mol. The highest BCUT2D eigenvalue weighted by atomic mass is 79.9. The predicted octanol–water partition coefficient (Wildman–Crippen LogP) is 4.81. The molecule has 2 aromatic carbocycles. The van der Waals surface area contributed by atoms with Crippen molar-refractivity contribution in [2.24, 2.45) is 0 Å². The van der Waals surface area contributed by atoms with Crippen molar-refractivity contribution in [2.75, 3.05) is 13.7 Å². The van der Waals surface area contributed by atoms with Gasteiger partial charge in [-0.25, -0.2) is 0 Å². The van der Waals surface area contributed by atoms with Crippen LogP contribution in [0.1, 0.15) is 18.1 Å². The van der Waals surface area contributed by atoms with Gasteiger partial charge in [0.1, 0.15) is 6.61 Å². The van der Waals surface area contributed by atoms with Gasteiger partial charge < -0.3 is 19.9 Å². The van der Waals surface area contributed by atoms with E-state index in [4.69, 9.17) is 32.7 Å². The summed E-state index contributed by atoms with van der Waals surface area (Å²) in [4.78, 5) is 0. The molecule has 0 heterocycles. The second kappa shape index (κ2) is 9.64. The van der Waals surface area contributed by atoms with E-state index in [2.05, 4.69) is 21.2 Å². The highest BCUT2D eigenvalue weighted by molar-refractivity contribution is 9.10. The van der Waals surface area contributed by atoms with Gasteiger partial charge >= 0.3 is 0 Å². The molecule has 2 N–H and O–H groups in total. The maximum absolute atomic E-state index is 9.31. The molecule has 2 aromatic rings. The molecule has 0 aliphatic carbocycles. The van der Waals surface area contributed by atoms with Crippen LogP contribution < -0.4 is 14.8 Å². The average molecular weight is 449 g/mol. The van der Waals surface area contributed by atoms with E-state index in [1.807, 2.05) is 18.2 Å². The zero-order chi connectivity index (χ0) is 18.4. The van der Waals surface area contributed by atoms with E-state index < -0.39 is 6.10 Å². The van der Waals surface area contributed by atoms with Gasteiger partial charge in [-0.15, -0.1) is 0 Å². The second-order valence-corrected chi connectivity index (χ2v) is 7.31. The molecular formula is C18H20BrCl2NO3. The molecule has 1 unspecified atom stereocenters. The molecule has 2 rings (SSSR count). The second-order valence-electron chi connectivity index (χ2n) is 5.61. The van der Waals surface area contributed by atoms with Crippen LogP contribution in [0.15, 0.2) is 34.8 Å². The summed E-state index contributed by atoms with van der Waals surface area (Å²) in [5.74, 6) is 1.22. The number of ether oxygens (including phenoxy) is 2. The van der Waals surface area contributed by atoms with Crippen LogP contribution in [0.25, 0.3) is 0 Å². The number of benzene rings is 2. The standard InChI is InChI=1S/C18H20BrCl2NO3/c1-11(23)8-22-9-12-5-15(19)18(17(6-12)24-2)25-10-13-3-4-14(20)7-16(13)21/h3-7,11,22-23H,8-10H2,1-2H3. The molecule has 0 aromatic heterocycles. The van der Waals surface area contributed by atoms with Crippen molar-refractivity contribution in [3.63, 3.8) is 0 Å².